The van der Waals surface area contributed by atoms with E-state index in [2.05, 4.69) is 24.3 Å². The summed E-state index contributed by atoms with van der Waals surface area (Å²) in [7, 11) is 3.43. The van der Waals surface area contributed by atoms with Crippen molar-refractivity contribution >= 4 is 21.5 Å². The molecular weight excluding hydrogens is 387 g/mol. The van der Waals surface area contributed by atoms with Gasteiger partial charge in [0.1, 0.15) is 17.3 Å². The molecule has 0 spiro atoms. The van der Waals surface area contributed by atoms with Crippen molar-refractivity contribution in [3.63, 3.8) is 0 Å². The van der Waals surface area contributed by atoms with Gasteiger partial charge in [-0.1, -0.05) is 36.4 Å². The molecule has 3 heteroatoms. The Balaban J connectivity index is 1.59. The average Bonchev–Trinajstić information content (AvgIpc) is 2.81. The van der Waals surface area contributed by atoms with Crippen molar-refractivity contribution in [2.75, 3.05) is 14.2 Å². The molecule has 0 N–H and O–H groups in total. The van der Waals surface area contributed by atoms with Gasteiger partial charge in [-0.3, -0.25) is 0 Å². The largest absolute Gasteiger partial charge is 0.496 e. The van der Waals surface area contributed by atoms with Crippen molar-refractivity contribution in [3.05, 3.63) is 83.2 Å². The summed E-state index contributed by atoms with van der Waals surface area (Å²) < 4.78 is 25.0. The number of halogens is 1. The molecule has 0 heterocycles. The number of hydrogen-bond acceptors (Lipinski definition) is 2. The molecule has 1 aliphatic carbocycles. The first kappa shape index (κ1) is 19.9. The molecule has 2 nitrogen and oxygen atoms in total. The standard InChI is InChI=1S/C28H27FO2/c1-30-26-11-5-10-24-23-15-14-21-19(13-12-18-6-3-8-20(29)16-18)7-4-9-22(21)25(23)17-27(31-2)28(24)26/h3,5-6,8,10-11,14-17,19H,4,7,9,12-13H2,1-2H3/t19-/m0/s1. The summed E-state index contributed by atoms with van der Waals surface area (Å²) in [5, 5.41) is 4.72. The highest BCUT2D eigenvalue weighted by molar-refractivity contribution is 6.13. The van der Waals surface area contributed by atoms with Gasteiger partial charge in [0.2, 0.25) is 0 Å². The number of hydrogen-bond donors (Lipinski definition) is 0. The Hall–Kier alpha value is -3.07. The average molecular weight is 415 g/mol. The molecule has 0 saturated carbocycles. The van der Waals surface area contributed by atoms with Gasteiger partial charge >= 0.3 is 0 Å². The topological polar surface area (TPSA) is 18.5 Å². The molecule has 1 aliphatic rings. The maximum absolute atomic E-state index is 13.6. The Bertz CT molecular complexity index is 1260. The van der Waals surface area contributed by atoms with Gasteiger partial charge in [0.25, 0.3) is 0 Å². The van der Waals surface area contributed by atoms with Gasteiger partial charge in [-0.15, -0.1) is 0 Å². The van der Waals surface area contributed by atoms with E-state index >= 15 is 0 Å². The van der Waals surface area contributed by atoms with Crippen LogP contribution in [0, 0.1) is 5.82 Å². The third-order valence-corrected chi connectivity index (χ3v) is 6.76. The molecule has 4 aromatic rings. The third kappa shape index (κ3) is 3.52. The lowest BCUT2D eigenvalue weighted by Gasteiger charge is -2.27. The molecule has 5 rings (SSSR count). The van der Waals surface area contributed by atoms with Crippen LogP contribution in [0.1, 0.15) is 41.9 Å². The van der Waals surface area contributed by atoms with E-state index in [9.17, 15) is 4.39 Å². The van der Waals surface area contributed by atoms with E-state index in [1.54, 1.807) is 26.4 Å². The van der Waals surface area contributed by atoms with Crippen molar-refractivity contribution in [2.24, 2.45) is 0 Å². The fraction of sp³-hybridized carbons (Fsp3) is 0.286. The molecule has 0 amide bonds. The molecule has 0 unspecified atom stereocenters. The van der Waals surface area contributed by atoms with Crippen molar-refractivity contribution < 1.29 is 13.9 Å². The van der Waals surface area contributed by atoms with Crippen molar-refractivity contribution in [1.29, 1.82) is 0 Å². The number of ether oxygens (including phenoxy) is 2. The van der Waals surface area contributed by atoms with E-state index in [-0.39, 0.29) is 5.82 Å². The van der Waals surface area contributed by atoms with E-state index in [0.717, 1.165) is 41.7 Å². The molecule has 0 bridgehead atoms. The van der Waals surface area contributed by atoms with Crippen LogP contribution in [0.25, 0.3) is 21.5 Å². The zero-order valence-electron chi connectivity index (χ0n) is 18.1. The molecular formula is C28H27FO2. The van der Waals surface area contributed by atoms with Gasteiger partial charge in [0, 0.05) is 0 Å². The van der Waals surface area contributed by atoms with Gasteiger partial charge in [0.15, 0.2) is 0 Å². The zero-order valence-corrected chi connectivity index (χ0v) is 18.1. The second-order valence-electron chi connectivity index (χ2n) is 8.45. The van der Waals surface area contributed by atoms with Gasteiger partial charge in [-0.25, -0.2) is 4.39 Å². The second kappa shape index (κ2) is 8.22. The second-order valence-corrected chi connectivity index (χ2v) is 8.45. The number of fused-ring (bicyclic) bond motifs is 5. The van der Waals surface area contributed by atoms with Crippen LogP contribution in [0.3, 0.4) is 0 Å². The maximum atomic E-state index is 13.6. The zero-order chi connectivity index (χ0) is 21.4. The first-order chi connectivity index (χ1) is 15.2. The Kier molecular flexibility index (Phi) is 5.27. The van der Waals surface area contributed by atoms with Gasteiger partial charge in [0.05, 0.1) is 19.6 Å². The summed E-state index contributed by atoms with van der Waals surface area (Å²) in [5.41, 5.74) is 3.96. The number of aryl methyl sites for hydroxylation is 2. The van der Waals surface area contributed by atoms with Crippen LogP contribution in [0.5, 0.6) is 11.5 Å². The minimum atomic E-state index is -0.151. The highest BCUT2D eigenvalue weighted by Gasteiger charge is 2.23. The molecule has 0 fully saturated rings. The van der Waals surface area contributed by atoms with Crippen LogP contribution >= 0.6 is 0 Å². The monoisotopic (exact) mass is 414 g/mol. The lowest BCUT2D eigenvalue weighted by Crippen LogP contribution is -2.11. The van der Waals surface area contributed by atoms with E-state index < -0.39 is 0 Å². The van der Waals surface area contributed by atoms with E-state index in [0.29, 0.717) is 5.92 Å². The van der Waals surface area contributed by atoms with Crippen LogP contribution < -0.4 is 9.47 Å². The van der Waals surface area contributed by atoms with Crippen molar-refractivity contribution in [2.45, 2.75) is 38.0 Å². The summed E-state index contributed by atoms with van der Waals surface area (Å²) in [4.78, 5) is 0. The Morgan fingerprint density at radius 1 is 0.871 bits per heavy atom. The summed E-state index contributed by atoms with van der Waals surface area (Å²) >= 11 is 0. The lowest BCUT2D eigenvalue weighted by molar-refractivity contribution is 0.405. The summed E-state index contributed by atoms with van der Waals surface area (Å²) in [6.07, 6.45) is 5.39. The lowest BCUT2D eigenvalue weighted by atomic mass is 9.77. The minimum absolute atomic E-state index is 0.151. The molecule has 0 aromatic heterocycles. The normalized spacial score (nSPS) is 15.8. The van der Waals surface area contributed by atoms with Crippen LogP contribution in [0.4, 0.5) is 4.39 Å². The highest BCUT2D eigenvalue weighted by atomic mass is 19.1. The Morgan fingerprint density at radius 2 is 1.71 bits per heavy atom. The van der Waals surface area contributed by atoms with Crippen LogP contribution in [0.2, 0.25) is 0 Å². The molecule has 0 saturated heterocycles. The van der Waals surface area contributed by atoms with E-state index in [1.165, 1.54) is 46.2 Å². The van der Waals surface area contributed by atoms with Crippen LogP contribution in [0.15, 0.2) is 60.7 Å². The number of rotatable bonds is 5. The molecule has 31 heavy (non-hydrogen) atoms. The van der Waals surface area contributed by atoms with Crippen molar-refractivity contribution in [3.8, 4) is 11.5 Å². The fourth-order valence-corrected chi connectivity index (χ4v) is 5.30. The summed E-state index contributed by atoms with van der Waals surface area (Å²) in [6, 6.07) is 19.9. The SMILES string of the molecule is COc1cccc2c1c(OC)cc1c3c(ccc12)[C@H](CCc1cccc(F)c1)CCC3. The predicted molar refractivity (Wildman–Crippen MR) is 125 cm³/mol. The molecule has 1 atom stereocenters. The van der Waals surface area contributed by atoms with Crippen molar-refractivity contribution in [1.82, 2.24) is 0 Å². The smallest absolute Gasteiger partial charge is 0.131 e. The quantitative estimate of drug-likeness (QED) is 0.321. The highest BCUT2D eigenvalue weighted by Crippen LogP contribution is 2.44. The van der Waals surface area contributed by atoms with E-state index in [1.807, 2.05) is 18.2 Å². The molecule has 0 aliphatic heterocycles. The Morgan fingerprint density at radius 3 is 2.52 bits per heavy atom. The Labute approximate surface area is 182 Å². The fourth-order valence-electron chi connectivity index (χ4n) is 5.30. The van der Waals surface area contributed by atoms with E-state index in [4.69, 9.17) is 9.47 Å². The first-order valence-corrected chi connectivity index (χ1v) is 11.0. The van der Waals surface area contributed by atoms with Gasteiger partial charge in [-0.2, -0.15) is 0 Å². The molecule has 0 radical (unpaired) electrons. The minimum Gasteiger partial charge on any atom is -0.496 e. The summed E-state index contributed by atoms with van der Waals surface area (Å²) in [6.45, 7) is 0. The number of benzene rings is 4. The predicted octanol–water partition coefficient (Wildman–Crippen LogP) is 7.20. The molecule has 158 valence electrons. The molecule has 4 aromatic carbocycles. The van der Waals surface area contributed by atoms with Crippen LogP contribution in [-0.2, 0) is 12.8 Å². The maximum Gasteiger partial charge on any atom is 0.131 e. The number of methoxy groups -OCH3 is 2. The van der Waals surface area contributed by atoms with Gasteiger partial charge in [-0.05, 0) is 95.1 Å². The third-order valence-electron chi connectivity index (χ3n) is 6.76. The van der Waals surface area contributed by atoms with Gasteiger partial charge < -0.3 is 9.47 Å². The first-order valence-electron chi connectivity index (χ1n) is 11.0. The van der Waals surface area contributed by atoms with Crippen LogP contribution in [-0.4, -0.2) is 14.2 Å². The summed E-state index contributed by atoms with van der Waals surface area (Å²) in [5.74, 6) is 2.04.